The minimum absolute atomic E-state index is 0.107. The SMILES string of the molecule is [BH3-][n+]1c(N[Si](C)(C)C)cccc1N[Si](C)(C)C. The van der Waals surface area contributed by atoms with Crippen LogP contribution in [-0.4, -0.2) is 24.5 Å². The standard InChI is InChI=1S/C11H26BN3Si2/c1-16(2,3)13-10-8-7-9-11(15(10)12)14-17(4,5)6/h7-9,13-14H,1-6,12H3. The van der Waals surface area contributed by atoms with Crippen LogP contribution in [0.15, 0.2) is 18.2 Å². The Hall–Kier alpha value is -0.751. The van der Waals surface area contributed by atoms with E-state index in [1.807, 2.05) is 0 Å². The van der Waals surface area contributed by atoms with Crippen LogP contribution < -0.4 is 14.4 Å². The maximum Gasteiger partial charge on any atom is 0.214 e. The summed E-state index contributed by atoms with van der Waals surface area (Å²) in [6, 6.07) is 6.57. The fourth-order valence-electron chi connectivity index (χ4n) is 1.34. The maximum atomic E-state index is 3.72. The summed E-state index contributed by atoms with van der Waals surface area (Å²) < 4.78 is 2.47. The topological polar surface area (TPSA) is 27.9 Å². The Morgan fingerprint density at radius 1 is 0.882 bits per heavy atom. The molecule has 1 rings (SSSR count). The van der Waals surface area contributed by atoms with Gasteiger partial charge in [0, 0.05) is 12.1 Å². The van der Waals surface area contributed by atoms with Crippen molar-refractivity contribution in [2.75, 3.05) is 9.96 Å². The lowest BCUT2D eigenvalue weighted by atomic mass is 10.3. The van der Waals surface area contributed by atoms with Gasteiger partial charge in [-0.3, -0.25) is 0 Å². The molecule has 1 aromatic rings. The van der Waals surface area contributed by atoms with E-state index in [1.54, 1.807) is 0 Å². The number of pyridine rings is 1. The molecule has 0 radical (unpaired) electrons. The summed E-state index contributed by atoms with van der Waals surface area (Å²) >= 11 is 0. The molecule has 0 aromatic carbocycles. The van der Waals surface area contributed by atoms with E-state index in [2.05, 4.69) is 71.9 Å². The van der Waals surface area contributed by atoms with Gasteiger partial charge in [0.15, 0.2) is 11.6 Å². The molecule has 96 valence electrons. The van der Waals surface area contributed by atoms with Crippen molar-refractivity contribution in [2.45, 2.75) is 39.3 Å². The summed E-state index contributed by atoms with van der Waals surface area (Å²) in [7, 11) is -2.41. The first kappa shape index (κ1) is 14.3. The van der Waals surface area contributed by atoms with Crippen LogP contribution in [0.2, 0.25) is 39.3 Å². The van der Waals surface area contributed by atoms with Crippen molar-refractivity contribution in [1.29, 1.82) is 0 Å². The molecule has 17 heavy (non-hydrogen) atoms. The smallest absolute Gasteiger partial charge is 0.214 e. The van der Waals surface area contributed by atoms with Gasteiger partial charge in [-0.1, -0.05) is 0 Å². The molecule has 0 saturated carbocycles. The summed E-state index contributed by atoms with van der Waals surface area (Å²) in [5, 5.41) is 0. The van der Waals surface area contributed by atoms with Crippen molar-refractivity contribution in [3.05, 3.63) is 18.2 Å². The van der Waals surface area contributed by atoms with Gasteiger partial charge in [-0.2, -0.15) is 0 Å². The predicted molar refractivity (Wildman–Crippen MR) is 85.9 cm³/mol. The minimum Gasteiger partial charge on any atom is -0.437 e. The molecule has 0 fully saturated rings. The number of rotatable bonds is 4. The lowest BCUT2D eigenvalue weighted by Crippen LogP contribution is -2.47. The summed E-state index contributed by atoms with van der Waals surface area (Å²) in [6.07, 6.45) is 0. The molecule has 0 bridgehead atoms. The molecule has 0 saturated heterocycles. The Kier molecular flexibility index (Phi) is 4.09. The van der Waals surface area contributed by atoms with E-state index in [0.29, 0.717) is 0 Å². The van der Waals surface area contributed by atoms with Crippen molar-refractivity contribution in [2.24, 2.45) is 0 Å². The number of hydrogen-bond acceptors (Lipinski definition) is 2. The number of nitrogens with one attached hydrogen (secondary N) is 2. The van der Waals surface area contributed by atoms with Gasteiger partial charge in [0.1, 0.15) is 7.98 Å². The lowest BCUT2D eigenvalue weighted by Gasteiger charge is -2.24. The van der Waals surface area contributed by atoms with Gasteiger partial charge in [-0.15, -0.1) is 0 Å². The molecule has 1 aromatic heterocycles. The Morgan fingerprint density at radius 2 is 1.24 bits per heavy atom. The van der Waals surface area contributed by atoms with Crippen LogP contribution in [0.25, 0.3) is 0 Å². The van der Waals surface area contributed by atoms with Crippen molar-refractivity contribution < 1.29 is 4.48 Å². The molecule has 1 heterocycles. The van der Waals surface area contributed by atoms with Gasteiger partial charge < -0.3 is 14.4 Å². The van der Waals surface area contributed by atoms with Crippen LogP contribution in [0.5, 0.6) is 0 Å². The van der Waals surface area contributed by atoms with Crippen molar-refractivity contribution >= 4 is 36.1 Å². The molecule has 2 N–H and O–H groups in total. The Morgan fingerprint density at radius 3 is 1.53 bits per heavy atom. The van der Waals surface area contributed by atoms with Crippen molar-refractivity contribution in [3.63, 3.8) is 0 Å². The van der Waals surface area contributed by atoms with E-state index >= 15 is 0 Å². The summed E-state index contributed by atoms with van der Waals surface area (Å²) in [5.74, 6) is 2.62. The molecule has 0 amide bonds. The van der Waals surface area contributed by atoms with Gasteiger partial charge in [0.2, 0.25) is 16.5 Å². The first-order valence-electron chi connectivity index (χ1n) is 5.69. The Balaban J connectivity index is 3.00. The van der Waals surface area contributed by atoms with Crippen molar-refractivity contribution in [1.82, 2.24) is 0 Å². The van der Waals surface area contributed by atoms with E-state index < -0.39 is 16.5 Å². The highest BCUT2D eigenvalue weighted by Crippen LogP contribution is 2.12. The summed E-state index contributed by atoms with van der Waals surface area (Å²) in [6.45, 7) is 14.0. The van der Waals surface area contributed by atoms with E-state index in [9.17, 15) is 0 Å². The zero-order chi connectivity index (χ0) is 13.3. The Labute approximate surface area is 108 Å². The molecule has 6 heteroatoms. The quantitative estimate of drug-likeness (QED) is 0.811. The molecule has 0 aliphatic rings. The van der Waals surface area contributed by atoms with Crippen LogP contribution >= 0.6 is 0 Å². The van der Waals surface area contributed by atoms with Crippen LogP contribution in [0, 0.1) is 0 Å². The molecule has 0 unspecified atom stereocenters. The van der Waals surface area contributed by atoms with Gasteiger partial charge in [-0.25, -0.2) is 0 Å². The predicted octanol–water partition coefficient (Wildman–Crippen LogP) is 1.60. The van der Waals surface area contributed by atoms with E-state index in [4.69, 9.17) is 0 Å². The number of hydrogen-bond donors (Lipinski definition) is 2. The normalized spacial score (nSPS) is 12.4. The zero-order valence-corrected chi connectivity index (χ0v) is 13.2. The van der Waals surface area contributed by atoms with Crippen LogP contribution in [0.1, 0.15) is 0 Å². The Bertz CT molecular complexity index is 362. The average Bonchev–Trinajstić information content (AvgIpc) is 2.07. The largest absolute Gasteiger partial charge is 0.437 e. The number of aromatic nitrogens is 1. The molecular formula is C11H26BN3Si2. The highest BCUT2D eigenvalue weighted by Gasteiger charge is 2.21. The minimum atomic E-state index is -1.26. The van der Waals surface area contributed by atoms with Gasteiger partial charge in [0.05, 0.1) is 0 Å². The fourth-order valence-corrected chi connectivity index (χ4v) is 3.16. The second-order valence-corrected chi connectivity index (χ2v) is 15.7. The maximum absolute atomic E-state index is 3.72. The first-order chi connectivity index (χ1) is 7.58. The third-order valence-electron chi connectivity index (χ3n) is 1.76. The second kappa shape index (κ2) is 4.86. The van der Waals surface area contributed by atoms with E-state index in [-0.39, 0.29) is 7.98 Å². The second-order valence-electron chi connectivity index (χ2n) is 6.16. The molecule has 3 nitrogen and oxygen atoms in total. The van der Waals surface area contributed by atoms with Crippen LogP contribution in [0.4, 0.5) is 11.6 Å². The van der Waals surface area contributed by atoms with Crippen molar-refractivity contribution in [3.8, 4) is 0 Å². The van der Waals surface area contributed by atoms with Crippen LogP contribution in [-0.2, 0) is 0 Å². The lowest BCUT2D eigenvalue weighted by molar-refractivity contribution is -0.488. The molecule has 0 spiro atoms. The van der Waals surface area contributed by atoms with E-state index in [0.717, 1.165) is 0 Å². The highest BCUT2D eigenvalue weighted by atomic mass is 28.3. The highest BCUT2D eigenvalue weighted by molar-refractivity contribution is 6.79. The molecule has 0 aliphatic carbocycles. The molecule has 0 aliphatic heterocycles. The molecule has 0 atom stereocenters. The third-order valence-corrected chi connectivity index (χ3v) is 3.77. The van der Waals surface area contributed by atoms with Gasteiger partial charge >= 0.3 is 0 Å². The van der Waals surface area contributed by atoms with Gasteiger partial charge in [0.25, 0.3) is 0 Å². The summed E-state index contributed by atoms with van der Waals surface area (Å²) in [5.41, 5.74) is 0. The van der Waals surface area contributed by atoms with Gasteiger partial charge in [-0.05, 0) is 45.3 Å². The summed E-state index contributed by atoms with van der Waals surface area (Å²) in [4.78, 5) is 7.43. The molecular weight excluding hydrogens is 241 g/mol. The zero-order valence-electron chi connectivity index (χ0n) is 11.2. The average molecular weight is 267 g/mol. The number of anilines is 2. The first-order valence-corrected chi connectivity index (χ1v) is 12.7. The van der Waals surface area contributed by atoms with Crippen LogP contribution in [0.3, 0.4) is 0 Å². The number of nitrogens with zero attached hydrogens (tertiary/aromatic N) is 1. The third kappa shape index (κ3) is 4.95. The van der Waals surface area contributed by atoms with E-state index in [1.165, 1.54) is 11.6 Å². The monoisotopic (exact) mass is 267 g/mol. The fraction of sp³-hybridized carbons (Fsp3) is 0.545.